The van der Waals surface area contributed by atoms with E-state index < -0.39 is 6.04 Å². The molecule has 0 saturated carbocycles. The Hall–Kier alpha value is -1.89. The maximum Gasteiger partial charge on any atom is 0.263 e. The molecule has 160 valence electrons. The van der Waals surface area contributed by atoms with Crippen LogP contribution in [0.25, 0.3) is 0 Å². The Balaban J connectivity index is 1.64. The van der Waals surface area contributed by atoms with Crippen molar-refractivity contribution in [2.45, 2.75) is 58.4 Å². The molecule has 0 unspecified atom stereocenters. The first-order valence-corrected chi connectivity index (χ1v) is 11.7. The van der Waals surface area contributed by atoms with Crippen molar-refractivity contribution >= 4 is 29.1 Å². The zero-order chi connectivity index (χ0) is 20.8. The van der Waals surface area contributed by atoms with E-state index in [1.165, 1.54) is 11.3 Å². The smallest absolute Gasteiger partial charge is 0.263 e. The average Bonchev–Trinajstić information content (AvgIpc) is 3.26. The summed E-state index contributed by atoms with van der Waals surface area (Å²) >= 11 is 1.46. The second-order valence-electron chi connectivity index (χ2n) is 8.64. The van der Waals surface area contributed by atoms with E-state index in [2.05, 4.69) is 5.32 Å². The molecule has 1 atom stereocenters. The Morgan fingerprint density at radius 1 is 1.07 bits per heavy atom. The molecule has 2 aliphatic heterocycles. The third-order valence-electron chi connectivity index (χ3n) is 5.87. The molecule has 1 aromatic rings. The first-order valence-electron chi connectivity index (χ1n) is 10.9. The van der Waals surface area contributed by atoms with Crippen LogP contribution in [0, 0.1) is 11.8 Å². The predicted octanol–water partition coefficient (Wildman–Crippen LogP) is 3.14. The minimum absolute atomic E-state index is 0.0487. The fraction of sp³-hybridized carbons (Fsp3) is 0.682. The number of nitrogens with zero attached hydrogens (tertiary/aromatic N) is 2. The van der Waals surface area contributed by atoms with Gasteiger partial charge < -0.3 is 15.1 Å². The normalized spacial score (nSPS) is 19.3. The zero-order valence-corrected chi connectivity index (χ0v) is 18.4. The number of thiophene rings is 1. The molecule has 2 aliphatic rings. The standard InChI is InChI=1S/C22H33N3O3S/c1-16(2)15-19(26)23-20(22(28)24-10-4-3-5-11-24)17-8-12-25(13-9-17)21(27)18-7-6-14-29-18/h6-7,14,16-17,20H,3-5,8-13,15H2,1-2H3,(H,23,26)/t20-/m1/s1. The van der Waals surface area contributed by atoms with E-state index in [-0.39, 0.29) is 29.6 Å². The van der Waals surface area contributed by atoms with Gasteiger partial charge in [-0.3, -0.25) is 14.4 Å². The molecule has 0 radical (unpaired) electrons. The van der Waals surface area contributed by atoms with Crippen molar-refractivity contribution in [1.82, 2.24) is 15.1 Å². The molecule has 0 aromatic carbocycles. The van der Waals surface area contributed by atoms with Crippen molar-refractivity contribution in [3.63, 3.8) is 0 Å². The van der Waals surface area contributed by atoms with Gasteiger partial charge in [0.1, 0.15) is 6.04 Å². The van der Waals surface area contributed by atoms with E-state index in [4.69, 9.17) is 0 Å². The van der Waals surface area contributed by atoms with Crippen LogP contribution in [0.4, 0.5) is 0 Å². The number of rotatable bonds is 6. The molecule has 0 spiro atoms. The summed E-state index contributed by atoms with van der Waals surface area (Å²) in [6, 6.07) is 3.27. The monoisotopic (exact) mass is 419 g/mol. The molecule has 0 aliphatic carbocycles. The largest absolute Gasteiger partial charge is 0.344 e. The summed E-state index contributed by atoms with van der Waals surface area (Å²) in [7, 11) is 0. The van der Waals surface area contributed by atoms with Gasteiger partial charge in [-0.25, -0.2) is 0 Å². The molecule has 29 heavy (non-hydrogen) atoms. The number of hydrogen-bond acceptors (Lipinski definition) is 4. The maximum atomic E-state index is 13.3. The van der Waals surface area contributed by atoms with Gasteiger partial charge >= 0.3 is 0 Å². The number of amides is 3. The summed E-state index contributed by atoms with van der Waals surface area (Å²) in [6.07, 6.45) is 5.14. The molecule has 1 aromatic heterocycles. The highest BCUT2D eigenvalue weighted by atomic mass is 32.1. The molecule has 6 nitrogen and oxygen atoms in total. The number of hydrogen-bond donors (Lipinski definition) is 1. The van der Waals surface area contributed by atoms with E-state index in [1.54, 1.807) is 0 Å². The highest BCUT2D eigenvalue weighted by Crippen LogP contribution is 2.25. The summed E-state index contributed by atoms with van der Waals surface area (Å²) in [6.45, 7) is 6.85. The van der Waals surface area contributed by atoms with Crippen LogP contribution in [0.5, 0.6) is 0 Å². The second kappa shape index (κ2) is 10.2. The van der Waals surface area contributed by atoms with Gasteiger partial charge in [0.15, 0.2) is 0 Å². The maximum absolute atomic E-state index is 13.3. The van der Waals surface area contributed by atoms with Crippen molar-refractivity contribution in [2.75, 3.05) is 26.2 Å². The Kier molecular flexibility index (Phi) is 7.70. The van der Waals surface area contributed by atoms with E-state index in [9.17, 15) is 14.4 Å². The van der Waals surface area contributed by atoms with E-state index in [0.29, 0.717) is 19.5 Å². The van der Waals surface area contributed by atoms with Crippen LogP contribution in [0.1, 0.15) is 62.0 Å². The Labute approximate surface area is 177 Å². The average molecular weight is 420 g/mol. The third kappa shape index (κ3) is 5.81. The molecule has 1 N–H and O–H groups in total. The van der Waals surface area contributed by atoms with Crippen LogP contribution in [0.2, 0.25) is 0 Å². The van der Waals surface area contributed by atoms with Crippen LogP contribution in [-0.2, 0) is 9.59 Å². The Morgan fingerprint density at radius 2 is 1.76 bits per heavy atom. The van der Waals surface area contributed by atoms with Crippen LogP contribution >= 0.6 is 11.3 Å². The molecule has 3 amide bonds. The minimum Gasteiger partial charge on any atom is -0.344 e. The second-order valence-corrected chi connectivity index (χ2v) is 9.58. The molecule has 0 bridgehead atoms. The van der Waals surface area contributed by atoms with Gasteiger partial charge in [-0.05, 0) is 55.4 Å². The quantitative estimate of drug-likeness (QED) is 0.770. The number of piperidine rings is 2. The van der Waals surface area contributed by atoms with Crippen molar-refractivity contribution in [3.8, 4) is 0 Å². The lowest BCUT2D eigenvalue weighted by atomic mass is 9.87. The summed E-state index contributed by atoms with van der Waals surface area (Å²) in [5, 5.41) is 4.97. The Bertz CT molecular complexity index is 690. The first kappa shape index (κ1) is 21.8. The molecule has 2 fully saturated rings. The lowest BCUT2D eigenvalue weighted by Gasteiger charge is -2.38. The van der Waals surface area contributed by atoms with Crippen molar-refractivity contribution in [3.05, 3.63) is 22.4 Å². The number of nitrogens with one attached hydrogen (secondary N) is 1. The fourth-order valence-corrected chi connectivity index (χ4v) is 4.98. The SMILES string of the molecule is CC(C)CC(=O)N[C@@H](C(=O)N1CCCCC1)C1CCN(C(=O)c2cccs2)CC1. The predicted molar refractivity (Wildman–Crippen MR) is 115 cm³/mol. The van der Waals surface area contributed by atoms with Crippen LogP contribution in [-0.4, -0.2) is 59.7 Å². The van der Waals surface area contributed by atoms with Gasteiger partial charge in [-0.2, -0.15) is 0 Å². The fourth-order valence-electron chi connectivity index (χ4n) is 4.29. The van der Waals surface area contributed by atoms with Crippen LogP contribution in [0.15, 0.2) is 17.5 Å². The molecular formula is C22H33N3O3S. The highest BCUT2D eigenvalue weighted by Gasteiger charge is 2.36. The molecule has 3 rings (SSSR count). The zero-order valence-electron chi connectivity index (χ0n) is 17.6. The third-order valence-corrected chi connectivity index (χ3v) is 6.73. The summed E-state index contributed by atoms with van der Waals surface area (Å²) in [4.78, 5) is 42.9. The van der Waals surface area contributed by atoms with E-state index >= 15 is 0 Å². The van der Waals surface area contributed by atoms with E-state index in [0.717, 1.165) is 50.1 Å². The highest BCUT2D eigenvalue weighted by molar-refractivity contribution is 7.12. The van der Waals surface area contributed by atoms with Crippen LogP contribution in [0.3, 0.4) is 0 Å². The van der Waals surface area contributed by atoms with Gasteiger partial charge in [0.25, 0.3) is 5.91 Å². The lowest BCUT2D eigenvalue weighted by molar-refractivity contribution is -0.139. The molecule has 7 heteroatoms. The van der Waals surface area contributed by atoms with E-state index in [1.807, 2.05) is 41.2 Å². The van der Waals surface area contributed by atoms with Crippen LogP contribution < -0.4 is 5.32 Å². The summed E-state index contributed by atoms with van der Waals surface area (Å²) < 4.78 is 0. The number of carbonyl (C=O) groups is 3. The van der Waals surface area contributed by atoms with Gasteiger partial charge in [0.2, 0.25) is 11.8 Å². The van der Waals surface area contributed by atoms with Gasteiger partial charge in [0, 0.05) is 32.6 Å². The van der Waals surface area contributed by atoms with Crippen molar-refractivity contribution < 1.29 is 14.4 Å². The topological polar surface area (TPSA) is 69.7 Å². The van der Waals surface area contributed by atoms with Gasteiger partial charge in [-0.15, -0.1) is 11.3 Å². The van der Waals surface area contributed by atoms with Crippen molar-refractivity contribution in [1.29, 1.82) is 0 Å². The van der Waals surface area contributed by atoms with Gasteiger partial charge in [0.05, 0.1) is 4.88 Å². The molecular weight excluding hydrogens is 386 g/mol. The summed E-state index contributed by atoms with van der Waals surface area (Å²) in [5.74, 6) is 0.414. The number of carbonyl (C=O) groups excluding carboxylic acids is 3. The van der Waals surface area contributed by atoms with Gasteiger partial charge in [-0.1, -0.05) is 19.9 Å². The minimum atomic E-state index is -0.474. The molecule has 3 heterocycles. The molecule has 2 saturated heterocycles. The lowest BCUT2D eigenvalue weighted by Crippen LogP contribution is -2.55. The van der Waals surface area contributed by atoms with Crippen molar-refractivity contribution in [2.24, 2.45) is 11.8 Å². The summed E-state index contributed by atoms with van der Waals surface area (Å²) in [5.41, 5.74) is 0. The Morgan fingerprint density at radius 3 is 2.34 bits per heavy atom. The first-order chi connectivity index (χ1) is 14.0. The number of likely N-dealkylation sites (tertiary alicyclic amines) is 2.